The van der Waals surface area contributed by atoms with Gasteiger partial charge in [-0.15, -0.1) is 0 Å². The summed E-state index contributed by atoms with van der Waals surface area (Å²) in [6.45, 7) is 2.71. The zero-order chi connectivity index (χ0) is 10.6. The molecule has 1 rings (SSSR count). The summed E-state index contributed by atoms with van der Waals surface area (Å²) in [5, 5.41) is 15.6. The van der Waals surface area contributed by atoms with Gasteiger partial charge in [0.2, 0.25) is 0 Å². The molecule has 0 aliphatic heterocycles. The van der Waals surface area contributed by atoms with Crippen LogP contribution in [0, 0.1) is 0 Å². The molecule has 0 aliphatic rings. The van der Waals surface area contributed by atoms with E-state index in [-0.39, 0.29) is 11.9 Å². The van der Waals surface area contributed by atoms with Crippen LogP contribution in [0.5, 0.6) is 0 Å². The molecule has 0 fully saturated rings. The summed E-state index contributed by atoms with van der Waals surface area (Å²) in [7, 11) is 1.94. The van der Waals surface area contributed by atoms with E-state index in [2.05, 4.69) is 16.6 Å². The molecule has 1 aromatic heterocycles. The van der Waals surface area contributed by atoms with Crippen molar-refractivity contribution in [2.24, 2.45) is 10.9 Å². The molecule has 0 aliphatic carbocycles. The molecule has 0 bridgehead atoms. The highest BCUT2D eigenvalue weighted by molar-refractivity contribution is 7.07. The van der Waals surface area contributed by atoms with Crippen molar-refractivity contribution in [2.45, 2.75) is 19.5 Å². The number of thiophene rings is 1. The molecule has 1 heterocycles. The van der Waals surface area contributed by atoms with Crippen molar-refractivity contribution in [3.8, 4) is 0 Å². The van der Waals surface area contributed by atoms with Gasteiger partial charge in [-0.3, -0.25) is 4.90 Å². The lowest BCUT2D eigenvalue weighted by Crippen LogP contribution is -2.39. The largest absolute Gasteiger partial charge is 0.409 e. The number of rotatable bonds is 4. The lowest BCUT2D eigenvalue weighted by molar-refractivity contribution is 0.279. The average molecular weight is 213 g/mol. The number of nitrogens with zero attached hydrogens (tertiary/aromatic N) is 2. The SMILES string of the molecule is CC(C(N)=NO)N(C)Cc1ccsc1. The van der Waals surface area contributed by atoms with E-state index in [4.69, 9.17) is 10.9 Å². The monoisotopic (exact) mass is 213 g/mol. The van der Waals surface area contributed by atoms with Crippen molar-refractivity contribution in [3.05, 3.63) is 22.4 Å². The van der Waals surface area contributed by atoms with Gasteiger partial charge in [-0.1, -0.05) is 5.16 Å². The Morgan fingerprint density at radius 2 is 2.50 bits per heavy atom. The first-order chi connectivity index (χ1) is 6.65. The number of hydrogen-bond donors (Lipinski definition) is 2. The molecular weight excluding hydrogens is 198 g/mol. The van der Waals surface area contributed by atoms with Crippen molar-refractivity contribution in [1.82, 2.24) is 4.90 Å². The molecule has 0 saturated carbocycles. The van der Waals surface area contributed by atoms with Crippen LogP contribution in [-0.4, -0.2) is 29.0 Å². The average Bonchev–Trinajstić information content (AvgIpc) is 2.68. The summed E-state index contributed by atoms with van der Waals surface area (Å²) >= 11 is 1.67. The Labute approximate surface area is 87.6 Å². The van der Waals surface area contributed by atoms with E-state index >= 15 is 0 Å². The van der Waals surface area contributed by atoms with Gasteiger partial charge in [0.15, 0.2) is 5.84 Å². The second-order valence-corrected chi connectivity index (χ2v) is 4.03. The van der Waals surface area contributed by atoms with E-state index in [0.717, 1.165) is 6.54 Å². The van der Waals surface area contributed by atoms with Crippen LogP contribution < -0.4 is 5.73 Å². The third-order valence-electron chi connectivity index (χ3n) is 2.22. The van der Waals surface area contributed by atoms with E-state index < -0.39 is 0 Å². The van der Waals surface area contributed by atoms with Gasteiger partial charge in [-0.05, 0) is 36.4 Å². The Morgan fingerprint density at radius 1 is 1.79 bits per heavy atom. The predicted molar refractivity (Wildman–Crippen MR) is 58.7 cm³/mol. The maximum absolute atomic E-state index is 8.52. The quantitative estimate of drug-likeness (QED) is 0.343. The normalized spacial score (nSPS) is 14.6. The molecular formula is C9H15N3OS. The number of oxime groups is 1. The van der Waals surface area contributed by atoms with Crippen molar-refractivity contribution < 1.29 is 5.21 Å². The molecule has 1 atom stereocenters. The van der Waals surface area contributed by atoms with Gasteiger partial charge in [0.1, 0.15) is 0 Å². The Balaban J connectivity index is 2.54. The minimum Gasteiger partial charge on any atom is -0.409 e. The molecule has 0 aromatic carbocycles. The first-order valence-electron chi connectivity index (χ1n) is 4.34. The minimum absolute atomic E-state index is 0.0556. The number of likely N-dealkylation sites (N-methyl/N-ethyl adjacent to an activating group) is 1. The zero-order valence-electron chi connectivity index (χ0n) is 8.34. The van der Waals surface area contributed by atoms with Gasteiger partial charge >= 0.3 is 0 Å². The van der Waals surface area contributed by atoms with Crippen LogP contribution >= 0.6 is 11.3 Å². The summed E-state index contributed by atoms with van der Waals surface area (Å²) in [4.78, 5) is 2.02. The summed E-state index contributed by atoms with van der Waals surface area (Å²) in [6.07, 6.45) is 0. The summed E-state index contributed by atoms with van der Waals surface area (Å²) in [5.41, 5.74) is 6.75. The van der Waals surface area contributed by atoms with Crippen molar-refractivity contribution in [3.63, 3.8) is 0 Å². The second-order valence-electron chi connectivity index (χ2n) is 3.25. The van der Waals surface area contributed by atoms with Gasteiger partial charge < -0.3 is 10.9 Å². The third kappa shape index (κ3) is 2.71. The summed E-state index contributed by atoms with van der Waals surface area (Å²) < 4.78 is 0. The molecule has 0 saturated heterocycles. The lowest BCUT2D eigenvalue weighted by Gasteiger charge is -2.22. The summed E-state index contributed by atoms with van der Waals surface area (Å²) in [5.74, 6) is 0.239. The summed E-state index contributed by atoms with van der Waals surface area (Å²) in [6, 6.07) is 2.01. The number of amidine groups is 1. The maximum Gasteiger partial charge on any atom is 0.156 e. The van der Waals surface area contributed by atoms with Crippen LogP contribution in [0.2, 0.25) is 0 Å². The molecule has 5 heteroatoms. The standard InChI is InChI=1S/C9H15N3OS/c1-7(9(10)11-13)12(2)5-8-3-4-14-6-8/h3-4,6-7,13H,5H2,1-2H3,(H2,10,11). The highest BCUT2D eigenvalue weighted by Gasteiger charge is 2.13. The Bertz CT molecular complexity index is 297. The van der Waals surface area contributed by atoms with Gasteiger partial charge in [-0.2, -0.15) is 11.3 Å². The lowest BCUT2D eigenvalue weighted by atomic mass is 10.2. The van der Waals surface area contributed by atoms with Crippen molar-refractivity contribution in [1.29, 1.82) is 0 Å². The Morgan fingerprint density at radius 3 is 3.00 bits per heavy atom. The molecule has 4 nitrogen and oxygen atoms in total. The fourth-order valence-corrected chi connectivity index (χ4v) is 1.78. The molecule has 0 radical (unpaired) electrons. The van der Waals surface area contributed by atoms with Crippen LogP contribution in [0.3, 0.4) is 0 Å². The van der Waals surface area contributed by atoms with Crippen molar-refractivity contribution in [2.75, 3.05) is 7.05 Å². The smallest absolute Gasteiger partial charge is 0.156 e. The molecule has 1 unspecified atom stereocenters. The van der Waals surface area contributed by atoms with E-state index in [9.17, 15) is 0 Å². The zero-order valence-corrected chi connectivity index (χ0v) is 9.16. The Hall–Kier alpha value is -1.07. The number of hydrogen-bond acceptors (Lipinski definition) is 4. The number of nitrogens with two attached hydrogens (primary N) is 1. The maximum atomic E-state index is 8.52. The van der Waals surface area contributed by atoms with Crippen LogP contribution in [0.15, 0.2) is 22.0 Å². The topological polar surface area (TPSA) is 61.9 Å². The predicted octanol–water partition coefficient (Wildman–Crippen LogP) is 1.31. The van der Waals surface area contributed by atoms with Gasteiger partial charge in [0, 0.05) is 6.54 Å². The van der Waals surface area contributed by atoms with Gasteiger partial charge in [0.05, 0.1) is 6.04 Å². The molecule has 0 spiro atoms. The van der Waals surface area contributed by atoms with Crippen LogP contribution in [-0.2, 0) is 6.54 Å². The van der Waals surface area contributed by atoms with Gasteiger partial charge in [0.25, 0.3) is 0 Å². The van der Waals surface area contributed by atoms with Gasteiger partial charge in [-0.25, -0.2) is 0 Å². The minimum atomic E-state index is -0.0556. The van der Waals surface area contributed by atoms with E-state index in [0.29, 0.717) is 0 Å². The fourth-order valence-electron chi connectivity index (χ4n) is 1.12. The molecule has 78 valence electrons. The Kier molecular flexibility index (Phi) is 3.91. The molecule has 3 N–H and O–H groups in total. The first-order valence-corrected chi connectivity index (χ1v) is 5.28. The second kappa shape index (κ2) is 4.97. The first kappa shape index (κ1) is 11.0. The van der Waals surface area contributed by atoms with E-state index in [1.807, 2.05) is 24.3 Å². The van der Waals surface area contributed by atoms with E-state index in [1.165, 1.54) is 5.56 Å². The molecule has 0 amide bonds. The van der Waals surface area contributed by atoms with Crippen LogP contribution in [0.1, 0.15) is 12.5 Å². The molecule has 14 heavy (non-hydrogen) atoms. The van der Waals surface area contributed by atoms with Crippen LogP contribution in [0.4, 0.5) is 0 Å². The van der Waals surface area contributed by atoms with Crippen LogP contribution in [0.25, 0.3) is 0 Å². The van der Waals surface area contributed by atoms with Crippen molar-refractivity contribution >= 4 is 17.2 Å². The third-order valence-corrected chi connectivity index (χ3v) is 2.95. The van der Waals surface area contributed by atoms with E-state index in [1.54, 1.807) is 11.3 Å². The highest BCUT2D eigenvalue weighted by atomic mass is 32.1. The highest BCUT2D eigenvalue weighted by Crippen LogP contribution is 2.10. The molecule has 1 aromatic rings. The fraction of sp³-hybridized carbons (Fsp3) is 0.444.